The Labute approximate surface area is 276 Å². The first-order valence-electron chi connectivity index (χ1n) is 15.3. The summed E-state index contributed by atoms with van der Waals surface area (Å²) in [5.41, 5.74) is -2.50. The van der Waals surface area contributed by atoms with E-state index in [-0.39, 0.29) is 41.3 Å². The number of hydrogen-bond acceptors (Lipinski definition) is 11. The fraction of sp³-hybridized carbons (Fsp3) is 0.139. The number of phenols is 1. The molecule has 8 rings (SSSR count). The van der Waals surface area contributed by atoms with E-state index < -0.39 is 82.5 Å². The number of aromatic hydroxyl groups is 1. The molecule has 2 aromatic heterocycles. The van der Waals surface area contributed by atoms with Crippen molar-refractivity contribution in [2.75, 3.05) is 7.11 Å². The maximum Gasteiger partial charge on any atom is 0.260 e. The number of rotatable bonds is 5. The molecule has 2 heterocycles. The van der Waals surface area contributed by atoms with Crippen LogP contribution in [0.5, 0.6) is 11.5 Å². The normalized spacial score (nSPS) is 16.7. The van der Waals surface area contributed by atoms with Gasteiger partial charge < -0.3 is 30.0 Å². The molecular weight excluding hydrogens is 648 g/mol. The number of hydrazone groups is 1. The van der Waals surface area contributed by atoms with Gasteiger partial charge in [0, 0.05) is 28.7 Å². The fourth-order valence-corrected chi connectivity index (χ4v) is 7.50. The Kier molecular flexibility index (Phi) is 6.46. The molecule has 0 saturated heterocycles. The van der Waals surface area contributed by atoms with Gasteiger partial charge in [0.15, 0.2) is 11.2 Å². The van der Waals surface area contributed by atoms with Gasteiger partial charge in [-0.25, -0.2) is 5.43 Å². The maximum atomic E-state index is 13.7. The van der Waals surface area contributed by atoms with E-state index in [1.165, 1.54) is 12.3 Å². The van der Waals surface area contributed by atoms with E-state index in [0.717, 1.165) is 29.6 Å². The summed E-state index contributed by atoms with van der Waals surface area (Å²) in [5, 5.41) is 36.9. The second kappa shape index (κ2) is 10.6. The Balaban J connectivity index is 1.21. The zero-order valence-corrected chi connectivity index (χ0v) is 26.0. The first-order chi connectivity index (χ1) is 24.0. The van der Waals surface area contributed by atoms with Crippen molar-refractivity contribution in [3.05, 3.63) is 143 Å². The number of aryl methyl sites for hydroxylation is 1. The minimum atomic E-state index is -2.01. The molecule has 0 radical (unpaired) electrons. The standard InChI is InChI=1S/C36H24N4O10/c1-50-21-11-20(41)24-25(29(21)43)31(45)27-26(30(24)44)33(47)36(34(27)48)7-6-14-8-15-9-17(39-35(49)23(15)32(46)28(14)36)13-38-40-22(42)10-16-12-37-19-5-3-2-4-18(16)19/h2-5,8-9,11-13,37,46-48H,6-7,10H2,1H3,(H,39,49)(H,40,42). The van der Waals surface area contributed by atoms with E-state index in [1.807, 2.05) is 24.3 Å². The minimum Gasteiger partial charge on any atom is -0.510 e. The summed E-state index contributed by atoms with van der Waals surface area (Å²) in [5.74, 6) is -3.05. The topological polar surface area (TPSA) is 228 Å². The molecule has 4 aliphatic carbocycles. The molecule has 1 unspecified atom stereocenters. The second-order valence-corrected chi connectivity index (χ2v) is 12.3. The molecule has 0 saturated carbocycles. The number of para-hydroxylation sites is 1. The van der Waals surface area contributed by atoms with Crippen molar-refractivity contribution in [2.24, 2.45) is 5.10 Å². The number of aromatic nitrogens is 2. The average molecular weight is 673 g/mol. The van der Waals surface area contributed by atoms with Gasteiger partial charge in [-0.05, 0) is 41.5 Å². The number of carbonyl (C=O) groups excluding carboxylic acids is 1. The Morgan fingerprint density at radius 3 is 2.42 bits per heavy atom. The number of benzene rings is 2. The molecule has 0 aliphatic heterocycles. The predicted molar refractivity (Wildman–Crippen MR) is 181 cm³/mol. The van der Waals surface area contributed by atoms with Gasteiger partial charge in [-0.3, -0.25) is 28.8 Å². The van der Waals surface area contributed by atoms with Gasteiger partial charge in [0.1, 0.15) is 22.7 Å². The summed E-state index contributed by atoms with van der Waals surface area (Å²) in [6, 6.07) is 11.4. The highest BCUT2D eigenvalue weighted by Gasteiger charge is 2.53. The van der Waals surface area contributed by atoms with Crippen LogP contribution >= 0.6 is 0 Å². The lowest BCUT2D eigenvalue weighted by Gasteiger charge is -2.27. The van der Waals surface area contributed by atoms with Crippen LogP contribution in [-0.2, 0) is 23.1 Å². The van der Waals surface area contributed by atoms with E-state index >= 15 is 0 Å². The Hall–Kier alpha value is -6.83. The lowest BCUT2D eigenvalue weighted by atomic mass is 9.78. The summed E-state index contributed by atoms with van der Waals surface area (Å²) in [4.78, 5) is 84.7. The summed E-state index contributed by atoms with van der Waals surface area (Å²) in [6.45, 7) is 0. The fourth-order valence-electron chi connectivity index (χ4n) is 7.50. The predicted octanol–water partition coefficient (Wildman–Crippen LogP) is -0.312. The number of phenolic OH excluding ortho intramolecular Hbond substituents is 1. The van der Waals surface area contributed by atoms with Crippen molar-refractivity contribution in [3.63, 3.8) is 0 Å². The van der Waals surface area contributed by atoms with Gasteiger partial charge in [0.05, 0.1) is 51.7 Å². The minimum absolute atomic E-state index is 0.0525. The van der Waals surface area contributed by atoms with Crippen molar-refractivity contribution in [3.8, 4) is 11.5 Å². The second-order valence-electron chi connectivity index (χ2n) is 12.3. The van der Waals surface area contributed by atoms with Crippen molar-refractivity contribution in [1.82, 2.24) is 15.4 Å². The third kappa shape index (κ3) is 3.98. The third-order valence-electron chi connectivity index (χ3n) is 9.69. The molecule has 1 amide bonds. The summed E-state index contributed by atoms with van der Waals surface area (Å²) in [7, 11) is 1.11. The molecule has 1 atom stereocenters. The maximum absolute atomic E-state index is 13.7. The summed E-state index contributed by atoms with van der Waals surface area (Å²) >= 11 is 0. The molecular formula is C36H24N4O10. The Bertz CT molecular complexity index is 3040. The van der Waals surface area contributed by atoms with Gasteiger partial charge in [-0.15, -0.1) is 0 Å². The lowest BCUT2D eigenvalue weighted by Crippen LogP contribution is -2.51. The number of hydrogen-bond donors (Lipinski definition) is 6. The zero-order chi connectivity index (χ0) is 35.2. The SMILES string of the molecule is COc1cc(=O)c2c(=O)c3c(c(=O)c=2c1=O)=C(O)C1(CCc2cc4cc(C=NNC(=O)Cc5c[nH]c6ccccc56)[nH]c(=O)c4c(O)c21)C=3O. The zero-order valence-electron chi connectivity index (χ0n) is 26.0. The van der Waals surface area contributed by atoms with Gasteiger partial charge >= 0.3 is 0 Å². The average Bonchev–Trinajstić information content (AvgIpc) is 3.74. The van der Waals surface area contributed by atoms with Crippen LogP contribution in [0.25, 0.3) is 33.2 Å². The highest BCUT2D eigenvalue weighted by molar-refractivity contribution is 5.96. The van der Waals surface area contributed by atoms with E-state index in [2.05, 4.69) is 20.5 Å². The highest BCUT2D eigenvalue weighted by atomic mass is 16.5. The number of methoxy groups -OCH3 is 1. The monoisotopic (exact) mass is 672 g/mol. The number of aromatic amines is 2. The van der Waals surface area contributed by atoms with Crippen LogP contribution in [-0.4, -0.2) is 44.5 Å². The molecule has 14 heteroatoms. The van der Waals surface area contributed by atoms with Crippen molar-refractivity contribution < 1.29 is 24.9 Å². The van der Waals surface area contributed by atoms with Crippen molar-refractivity contribution >= 4 is 45.3 Å². The third-order valence-corrected chi connectivity index (χ3v) is 9.69. The molecule has 1 spiro atoms. The molecule has 6 N–H and O–H groups in total. The molecule has 0 bridgehead atoms. The number of aliphatic hydroxyl groups excluding tert-OH is 2. The van der Waals surface area contributed by atoms with E-state index in [1.54, 1.807) is 12.3 Å². The van der Waals surface area contributed by atoms with Gasteiger partial charge in [0.25, 0.3) is 5.56 Å². The first-order valence-corrected chi connectivity index (χ1v) is 15.3. The van der Waals surface area contributed by atoms with Crippen LogP contribution in [0.2, 0.25) is 0 Å². The molecule has 14 nitrogen and oxygen atoms in total. The molecule has 0 fully saturated rings. The number of amides is 1. The van der Waals surface area contributed by atoms with Gasteiger partial charge in [-0.1, -0.05) is 24.3 Å². The largest absolute Gasteiger partial charge is 0.510 e. The van der Waals surface area contributed by atoms with Crippen LogP contribution in [0.1, 0.15) is 28.8 Å². The summed E-state index contributed by atoms with van der Waals surface area (Å²) < 4.78 is 4.91. The molecule has 248 valence electrons. The first kappa shape index (κ1) is 30.5. The number of nitrogens with zero attached hydrogens (tertiary/aromatic N) is 1. The number of aliphatic hydroxyl groups is 2. The van der Waals surface area contributed by atoms with E-state index in [0.29, 0.717) is 5.56 Å². The summed E-state index contributed by atoms with van der Waals surface area (Å²) in [6.07, 6.45) is 3.02. The number of nitrogens with one attached hydrogen (secondary N) is 3. The molecule has 4 aliphatic rings. The number of carbonyl (C=O) groups is 1. The van der Waals surface area contributed by atoms with Crippen molar-refractivity contribution in [2.45, 2.75) is 24.7 Å². The quantitative estimate of drug-likeness (QED) is 0.103. The van der Waals surface area contributed by atoms with Crippen LogP contribution < -0.4 is 47.9 Å². The van der Waals surface area contributed by atoms with Crippen LogP contribution in [0, 0.1) is 10.4 Å². The van der Waals surface area contributed by atoms with Crippen LogP contribution in [0.15, 0.2) is 77.7 Å². The van der Waals surface area contributed by atoms with Crippen LogP contribution in [0.4, 0.5) is 0 Å². The lowest BCUT2D eigenvalue weighted by molar-refractivity contribution is -0.120. The van der Waals surface area contributed by atoms with E-state index in [4.69, 9.17) is 4.74 Å². The van der Waals surface area contributed by atoms with Crippen molar-refractivity contribution in [1.29, 1.82) is 0 Å². The highest BCUT2D eigenvalue weighted by Crippen LogP contribution is 2.54. The Morgan fingerprint density at radius 1 is 0.960 bits per heavy atom. The number of fused-ring (bicyclic) bond motifs is 5. The smallest absolute Gasteiger partial charge is 0.260 e. The van der Waals surface area contributed by atoms with Gasteiger partial charge in [0.2, 0.25) is 22.2 Å². The van der Waals surface area contributed by atoms with Crippen LogP contribution in [0.3, 0.4) is 0 Å². The van der Waals surface area contributed by atoms with Gasteiger partial charge in [-0.2, -0.15) is 5.10 Å². The number of ether oxygens (including phenoxy) is 1. The molecule has 2 aromatic carbocycles. The number of pyridine rings is 1. The van der Waals surface area contributed by atoms with E-state index in [9.17, 15) is 44.1 Å². The Morgan fingerprint density at radius 2 is 1.68 bits per heavy atom. The molecule has 4 aromatic rings. The molecule has 50 heavy (non-hydrogen) atoms. The number of H-pyrrole nitrogens is 2.